The summed E-state index contributed by atoms with van der Waals surface area (Å²) in [6, 6.07) is 3.69. The van der Waals surface area contributed by atoms with Crippen molar-refractivity contribution in [1.29, 1.82) is 0 Å². The zero-order chi connectivity index (χ0) is 18.3. The summed E-state index contributed by atoms with van der Waals surface area (Å²) in [5, 5.41) is 3.02. The second kappa shape index (κ2) is 6.95. The van der Waals surface area contributed by atoms with Crippen LogP contribution in [0.1, 0.15) is 37.2 Å². The molecule has 2 heterocycles. The highest BCUT2D eigenvalue weighted by atomic mass is 19.1. The molecule has 1 amide bonds. The molecule has 1 aliphatic carbocycles. The monoisotopic (exact) mass is 364 g/mol. The molecule has 3 atom stereocenters. The molecule has 2 saturated heterocycles. The van der Waals surface area contributed by atoms with E-state index in [0.29, 0.717) is 13.0 Å². The number of hydrogen-bond donors (Lipinski definition) is 1. The molecule has 2 aliphatic heterocycles. The lowest BCUT2D eigenvalue weighted by Gasteiger charge is -2.34. The Kier molecular flexibility index (Phi) is 4.65. The number of halogens is 2. The van der Waals surface area contributed by atoms with Crippen LogP contribution in [0.4, 0.5) is 8.78 Å². The van der Waals surface area contributed by atoms with E-state index < -0.39 is 11.6 Å². The number of benzene rings is 1. The maximum atomic E-state index is 13.8. The van der Waals surface area contributed by atoms with Crippen molar-refractivity contribution in [3.05, 3.63) is 35.4 Å². The molecule has 0 spiro atoms. The van der Waals surface area contributed by atoms with Gasteiger partial charge < -0.3 is 10.1 Å². The van der Waals surface area contributed by atoms with Crippen molar-refractivity contribution >= 4 is 11.9 Å². The van der Waals surface area contributed by atoms with Crippen molar-refractivity contribution in [1.82, 2.24) is 10.2 Å². The van der Waals surface area contributed by atoms with E-state index in [9.17, 15) is 18.4 Å². The summed E-state index contributed by atoms with van der Waals surface area (Å²) in [7, 11) is 0. The third-order valence-corrected chi connectivity index (χ3v) is 5.72. The van der Waals surface area contributed by atoms with Gasteiger partial charge >= 0.3 is 5.97 Å². The fourth-order valence-electron chi connectivity index (χ4n) is 4.15. The van der Waals surface area contributed by atoms with Crippen LogP contribution < -0.4 is 5.32 Å². The summed E-state index contributed by atoms with van der Waals surface area (Å²) in [6.07, 6.45) is 2.74. The average molecular weight is 364 g/mol. The van der Waals surface area contributed by atoms with Gasteiger partial charge in [0.1, 0.15) is 17.7 Å². The molecule has 5 nitrogen and oxygen atoms in total. The number of hydrogen-bond acceptors (Lipinski definition) is 4. The lowest BCUT2D eigenvalue weighted by molar-refractivity contribution is -0.142. The Morgan fingerprint density at radius 1 is 1.15 bits per heavy atom. The van der Waals surface area contributed by atoms with Crippen LogP contribution in [0.3, 0.4) is 0 Å². The van der Waals surface area contributed by atoms with Gasteiger partial charge in [-0.25, -0.2) is 8.78 Å². The van der Waals surface area contributed by atoms with Gasteiger partial charge in [-0.2, -0.15) is 0 Å². The summed E-state index contributed by atoms with van der Waals surface area (Å²) in [6.45, 7) is 1.96. The second-order valence-electron chi connectivity index (χ2n) is 7.37. The maximum absolute atomic E-state index is 13.8. The van der Waals surface area contributed by atoms with Crippen LogP contribution in [-0.2, 0) is 14.3 Å². The van der Waals surface area contributed by atoms with E-state index in [0.717, 1.165) is 32.4 Å². The standard InChI is InChI=1S/C19H22F2N2O3/c20-14-2-1-3-15(21)17(14)12-10-13(12)18(24)22-11-4-7-23(8-5-11)16-6-9-26-19(16)25/h1-3,11-13,16H,4-10H2,(H,22,24). The smallest absolute Gasteiger partial charge is 0.323 e. The van der Waals surface area contributed by atoms with Gasteiger partial charge in [0.05, 0.1) is 6.61 Å². The molecule has 140 valence electrons. The first-order valence-electron chi connectivity index (χ1n) is 9.19. The van der Waals surface area contributed by atoms with E-state index in [-0.39, 0.29) is 41.4 Å². The number of rotatable bonds is 4. The van der Waals surface area contributed by atoms with Crippen LogP contribution in [0.5, 0.6) is 0 Å². The molecule has 3 fully saturated rings. The number of piperidine rings is 1. The van der Waals surface area contributed by atoms with Gasteiger partial charge in [0.2, 0.25) is 5.91 Å². The van der Waals surface area contributed by atoms with Crippen LogP contribution in [0.25, 0.3) is 0 Å². The maximum Gasteiger partial charge on any atom is 0.323 e. The van der Waals surface area contributed by atoms with Gasteiger partial charge in [-0.1, -0.05) is 6.07 Å². The minimum atomic E-state index is -0.581. The molecular formula is C19H22F2N2O3. The van der Waals surface area contributed by atoms with E-state index in [4.69, 9.17) is 4.74 Å². The molecule has 1 saturated carbocycles. The van der Waals surface area contributed by atoms with E-state index in [1.807, 2.05) is 0 Å². The number of amides is 1. The summed E-state index contributed by atoms with van der Waals surface area (Å²) in [4.78, 5) is 26.2. The van der Waals surface area contributed by atoms with Crippen LogP contribution >= 0.6 is 0 Å². The molecule has 3 unspecified atom stereocenters. The van der Waals surface area contributed by atoms with Gasteiger partial charge in [0, 0.05) is 43.0 Å². The van der Waals surface area contributed by atoms with Crippen molar-refractivity contribution in [2.75, 3.05) is 19.7 Å². The summed E-state index contributed by atoms with van der Waals surface area (Å²) in [5.41, 5.74) is 0.0298. The number of likely N-dealkylation sites (tertiary alicyclic amines) is 1. The predicted octanol–water partition coefficient (Wildman–Crippen LogP) is 1.96. The first-order chi connectivity index (χ1) is 12.5. The number of carbonyl (C=O) groups excluding carboxylic acids is 2. The molecular weight excluding hydrogens is 342 g/mol. The Morgan fingerprint density at radius 2 is 1.85 bits per heavy atom. The van der Waals surface area contributed by atoms with Crippen LogP contribution in [0.2, 0.25) is 0 Å². The van der Waals surface area contributed by atoms with Gasteiger partial charge in [-0.05, 0) is 31.4 Å². The normalized spacial score (nSPS) is 29.5. The Morgan fingerprint density at radius 3 is 2.46 bits per heavy atom. The Labute approximate surface area is 150 Å². The highest BCUT2D eigenvalue weighted by molar-refractivity contribution is 5.83. The number of ether oxygens (including phenoxy) is 1. The van der Waals surface area contributed by atoms with Crippen LogP contribution in [-0.4, -0.2) is 48.6 Å². The minimum absolute atomic E-state index is 0.0298. The third kappa shape index (κ3) is 3.32. The number of nitrogens with zero attached hydrogens (tertiary/aromatic N) is 1. The first kappa shape index (κ1) is 17.4. The van der Waals surface area contributed by atoms with Crippen molar-refractivity contribution < 1.29 is 23.1 Å². The van der Waals surface area contributed by atoms with Crippen molar-refractivity contribution in [3.63, 3.8) is 0 Å². The molecule has 1 aromatic rings. The predicted molar refractivity (Wildman–Crippen MR) is 89.3 cm³/mol. The molecule has 0 radical (unpaired) electrons. The average Bonchev–Trinajstić information content (AvgIpc) is 3.29. The Bertz CT molecular complexity index is 698. The van der Waals surface area contributed by atoms with E-state index in [1.165, 1.54) is 18.2 Å². The van der Waals surface area contributed by atoms with Crippen molar-refractivity contribution in [2.45, 2.75) is 43.7 Å². The molecule has 7 heteroatoms. The third-order valence-electron chi connectivity index (χ3n) is 5.72. The molecule has 0 bridgehead atoms. The highest BCUT2D eigenvalue weighted by Crippen LogP contribution is 2.49. The first-order valence-corrected chi connectivity index (χ1v) is 9.19. The number of nitrogens with one attached hydrogen (secondary N) is 1. The van der Waals surface area contributed by atoms with Crippen molar-refractivity contribution in [3.8, 4) is 0 Å². The van der Waals surface area contributed by atoms with Gasteiger partial charge in [-0.15, -0.1) is 0 Å². The van der Waals surface area contributed by atoms with Gasteiger partial charge in [0.15, 0.2) is 0 Å². The van der Waals surface area contributed by atoms with Crippen molar-refractivity contribution in [2.24, 2.45) is 5.92 Å². The molecule has 1 N–H and O–H groups in total. The van der Waals surface area contributed by atoms with Crippen LogP contribution in [0, 0.1) is 17.6 Å². The fourth-order valence-corrected chi connectivity index (χ4v) is 4.15. The largest absolute Gasteiger partial charge is 0.464 e. The van der Waals surface area contributed by atoms with Gasteiger partial charge in [0.25, 0.3) is 0 Å². The van der Waals surface area contributed by atoms with Gasteiger partial charge in [-0.3, -0.25) is 14.5 Å². The molecule has 3 aliphatic rings. The van der Waals surface area contributed by atoms with E-state index in [1.54, 1.807) is 0 Å². The number of carbonyl (C=O) groups is 2. The summed E-state index contributed by atoms with van der Waals surface area (Å²) >= 11 is 0. The highest BCUT2D eigenvalue weighted by Gasteiger charge is 2.47. The lowest BCUT2D eigenvalue weighted by Crippen LogP contribution is -2.49. The molecule has 1 aromatic carbocycles. The SMILES string of the molecule is O=C(NC1CCN(C2CCOC2=O)CC1)C1CC1c1c(F)cccc1F. The number of cyclic esters (lactones) is 1. The molecule has 4 rings (SSSR count). The zero-order valence-electron chi connectivity index (χ0n) is 14.4. The molecule has 0 aromatic heterocycles. The summed E-state index contributed by atoms with van der Waals surface area (Å²) < 4.78 is 32.7. The Balaban J connectivity index is 1.28. The van der Waals surface area contributed by atoms with Crippen LogP contribution in [0.15, 0.2) is 18.2 Å². The molecule has 26 heavy (non-hydrogen) atoms. The Hall–Kier alpha value is -2.02. The minimum Gasteiger partial charge on any atom is -0.464 e. The second-order valence-corrected chi connectivity index (χ2v) is 7.37. The quantitative estimate of drug-likeness (QED) is 0.830. The zero-order valence-corrected chi connectivity index (χ0v) is 14.4. The fraction of sp³-hybridized carbons (Fsp3) is 0.579. The van der Waals surface area contributed by atoms with E-state index in [2.05, 4.69) is 10.2 Å². The topological polar surface area (TPSA) is 58.6 Å². The van der Waals surface area contributed by atoms with E-state index >= 15 is 0 Å². The number of esters is 1. The lowest BCUT2D eigenvalue weighted by atomic mass is 10.0. The summed E-state index contributed by atoms with van der Waals surface area (Å²) in [5.74, 6) is -2.17.